The number of ether oxygens (including phenoxy) is 3. The number of benzene rings is 2. The van der Waals surface area contributed by atoms with E-state index in [0.29, 0.717) is 30.4 Å². The molecule has 3 rings (SSSR count). The van der Waals surface area contributed by atoms with Gasteiger partial charge in [-0.15, -0.1) is 0 Å². The van der Waals surface area contributed by atoms with E-state index in [1.54, 1.807) is 18.2 Å². The summed E-state index contributed by atoms with van der Waals surface area (Å²) in [6.45, 7) is 2.26. The number of carbonyl (C=O) groups is 2. The summed E-state index contributed by atoms with van der Waals surface area (Å²) >= 11 is 5.90. The Hall–Kier alpha value is -3.33. The Morgan fingerprint density at radius 3 is 2.57 bits per heavy atom. The minimum absolute atomic E-state index is 0.0775. The van der Waals surface area contributed by atoms with Gasteiger partial charge in [0.1, 0.15) is 13.2 Å². The Bertz CT molecular complexity index is 948. The number of amides is 1. The van der Waals surface area contributed by atoms with Crippen LogP contribution in [0.4, 0.5) is 11.4 Å². The average Bonchev–Trinajstić information content (AvgIpc) is 2.67. The number of hydrogen-bond acceptors (Lipinski definition) is 7. The Labute approximate surface area is 164 Å². The van der Waals surface area contributed by atoms with Crippen molar-refractivity contribution in [1.29, 1.82) is 0 Å². The molecule has 0 saturated carbocycles. The smallest absolute Gasteiger partial charge is 0.340 e. The maximum absolute atomic E-state index is 12.3. The minimum Gasteiger partial charge on any atom is -0.486 e. The van der Waals surface area contributed by atoms with E-state index < -0.39 is 22.9 Å². The number of nitrogens with one attached hydrogen (secondary N) is 1. The number of rotatable bonds is 5. The monoisotopic (exact) mass is 406 g/mol. The van der Waals surface area contributed by atoms with Gasteiger partial charge >= 0.3 is 5.97 Å². The third-order valence-electron chi connectivity index (χ3n) is 3.85. The molecule has 0 saturated heterocycles. The van der Waals surface area contributed by atoms with Crippen LogP contribution in [0.2, 0.25) is 5.02 Å². The molecule has 0 unspecified atom stereocenters. The molecule has 1 heterocycles. The number of hydrogen-bond donors (Lipinski definition) is 1. The first-order chi connectivity index (χ1) is 13.3. The van der Waals surface area contributed by atoms with Crippen molar-refractivity contribution in [2.24, 2.45) is 0 Å². The van der Waals surface area contributed by atoms with Crippen LogP contribution in [0.5, 0.6) is 11.5 Å². The van der Waals surface area contributed by atoms with Crippen LogP contribution in [0.1, 0.15) is 17.3 Å². The van der Waals surface area contributed by atoms with E-state index in [4.69, 9.17) is 25.8 Å². The van der Waals surface area contributed by atoms with Gasteiger partial charge in [0.15, 0.2) is 17.6 Å². The van der Waals surface area contributed by atoms with Gasteiger partial charge in [0.25, 0.3) is 11.6 Å². The molecule has 0 aliphatic carbocycles. The standard InChI is InChI=1S/C18H15ClN2O7/c1-10(28-18(23)13-4-3-12(21(24)25)9-14(13)19)17(22)20-11-2-5-15-16(8-11)27-7-6-26-15/h2-5,8-10H,6-7H2,1H3,(H,20,22)/t10-/m1/s1. The summed E-state index contributed by atoms with van der Waals surface area (Å²) in [6.07, 6.45) is -1.13. The molecule has 1 atom stereocenters. The number of anilines is 1. The first-order valence-electron chi connectivity index (χ1n) is 8.20. The molecule has 1 amide bonds. The van der Waals surface area contributed by atoms with Crippen LogP contribution in [0, 0.1) is 10.1 Å². The molecule has 1 aliphatic rings. The predicted octanol–water partition coefficient (Wildman–Crippen LogP) is 3.20. The lowest BCUT2D eigenvalue weighted by Crippen LogP contribution is -2.30. The molecule has 0 spiro atoms. The number of halogens is 1. The molecule has 146 valence electrons. The molecule has 9 nitrogen and oxygen atoms in total. The maximum Gasteiger partial charge on any atom is 0.340 e. The number of fused-ring (bicyclic) bond motifs is 1. The third-order valence-corrected chi connectivity index (χ3v) is 4.16. The average molecular weight is 407 g/mol. The zero-order valence-corrected chi connectivity index (χ0v) is 15.4. The summed E-state index contributed by atoms with van der Waals surface area (Å²) in [5.41, 5.74) is 0.114. The minimum atomic E-state index is -1.13. The van der Waals surface area contributed by atoms with Crippen LogP contribution >= 0.6 is 11.6 Å². The van der Waals surface area contributed by atoms with Crippen molar-refractivity contribution in [3.63, 3.8) is 0 Å². The molecule has 0 bridgehead atoms. The van der Waals surface area contributed by atoms with Crippen LogP contribution in [0.3, 0.4) is 0 Å². The summed E-state index contributed by atoms with van der Waals surface area (Å²) in [4.78, 5) is 34.6. The van der Waals surface area contributed by atoms with Gasteiger partial charge in [-0.05, 0) is 25.1 Å². The van der Waals surface area contributed by atoms with E-state index in [2.05, 4.69) is 5.32 Å². The second-order valence-electron chi connectivity index (χ2n) is 5.82. The Balaban J connectivity index is 1.64. The summed E-state index contributed by atoms with van der Waals surface area (Å²) < 4.78 is 16.0. The molecule has 2 aromatic carbocycles. The molecular weight excluding hydrogens is 392 g/mol. The molecule has 0 radical (unpaired) electrons. The number of non-ortho nitro benzene ring substituents is 1. The normalized spacial score (nSPS) is 13.4. The maximum atomic E-state index is 12.3. The lowest BCUT2D eigenvalue weighted by atomic mass is 10.2. The highest BCUT2D eigenvalue weighted by atomic mass is 35.5. The van der Waals surface area contributed by atoms with Crippen molar-refractivity contribution in [2.45, 2.75) is 13.0 Å². The fourth-order valence-corrected chi connectivity index (χ4v) is 2.68. The van der Waals surface area contributed by atoms with Crippen molar-refractivity contribution < 1.29 is 28.7 Å². The highest BCUT2D eigenvalue weighted by Crippen LogP contribution is 2.32. The molecule has 1 aliphatic heterocycles. The van der Waals surface area contributed by atoms with E-state index >= 15 is 0 Å². The van der Waals surface area contributed by atoms with Crippen molar-refractivity contribution in [2.75, 3.05) is 18.5 Å². The van der Waals surface area contributed by atoms with Crippen LogP contribution in [0.15, 0.2) is 36.4 Å². The molecule has 0 aromatic heterocycles. The number of carbonyl (C=O) groups excluding carboxylic acids is 2. The SMILES string of the molecule is C[C@@H](OC(=O)c1ccc([N+](=O)[O-])cc1Cl)C(=O)Nc1ccc2c(c1)OCCO2. The number of nitro groups is 1. The van der Waals surface area contributed by atoms with E-state index in [9.17, 15) is 19.7 Å². The molecule has 0 fully saturated rings. The molecule has 2 aromatic rings. The van der Waals surface area contributed by atoms with Gasteiger partial charge in [-0.1, -0.05) is 11.6 Å². The highest BCUT2D eigenvalue weighted by Gasteiger charge is 2.22. The summed E-state index contributed by atoms with van der Waals surface area (Å²) in [7, 11) is 0. The van der Waals surface area contributed by atoms with Crippen molar-refractivity contribution in [1.82, 2.24) is 0 Å². The van der Waals surface area contributed by atoms with Gasteiger partial charge < -0.3 is 19.5 Å². The number of nitro benzene ring substituents is 1. The second-order valence-corrected chi connectivity index (χ2v) is 6.22. The van der Waals surface area contributed by atoms with E-state index in [-0.39, 0.29) is 16.3 Å². The zero-order valence-electron chi connectivity index (χ0n) is 14.6. The summed E-state index contributed by atoms with van der Waals surface area (Å²) in [6, 6.07) is 8.24. The van der Waals surface area contributed by atoms with Crippen LogP contribution in [0.25, 0.3) is 0 Å². The van der Waals surface area contributed by atoms with E-state index in [0.717, 1.165) is 12.1 Å². The van der Waals surface area contributed by atoms with Gasteiger partial charge in [0, 0.05) is 23.9 Å². The fourth-order valence-electron chi connectivity index (χ4n) is 2.43. The topological polar surface area (TPSA) is 117 Å². The first kappa shape index (κ1) is 19.4. The fraction of sp³-hybridized carbons (Fsp3) is 0.222. The van der Waals surface area contributed by atoms with Crippen molar-refractivity contribution in [3.8, 4) is 11.5 Å². The quantitative estimate of drug-likeness (QED) is 0.460. The van der Waals surface area contributed by atoms with Gasteiger partial charge in [-0.25, -0.2) is 4.79 Å². The van der Waals surface area contributed by atoms with Gasteiger partial charge in [0.2, 0.25) is 0 Å². The third kappa shape index (κ3) is 4.32. The zero-order chi connectivity index (χ0) is 20.3. The molecule has 28 heavy (non-hydrogen) atoms. The van der Waals surface area contributed by atoms with Crippen LogP contribution in [-0.4, -0.2) is 36.1 Å². The van der Waals surface area contributed by atoms with Crippen molar-refractivity contribution in [3.05, 3.63) is 57.1 Å². The van der Waals surface area contributed by atoms with Gasteiger partial charge in [0.05, 0.1) is 15.5 Å². The Morgan fingerprint density at radius 1 is 1.18 bits per heavy atom. The molecular formula is C18H15ClN2O7. The molecule has 1 N–H and O–H groups in total. The van der Waals surface area contributed by atoms with E-state index in [1.807, 2.05) is 0 Å². The largest absolute Gasteiger partial charge is 0.486 e. The van der Waals surface area contributed by atoms with E-state index in [1.165, 1.54) is 13.0 Å². The molecule has 10 heteroatoms. The second kappa shape index (κ2) is 8.13. The highest BCUT2D eigenvalue weighted by molar-refractivity contribution is 6.33. The van der Waals surface area contributed by atoms with Gasteiger partial charge in [-0.3, -0.25) is 14.9 Å². The predicted molar refractivity (Wildman–Crippen MR) is 99.0 cm³/mol. The van der Waals surface area contributed by atoms with Crippen molar-refractivity contribution >= 4 is 34.9 Å². The van der Waals surface area contributed by atoms with Crippen LogP contribution in [-0.2, 0) is 9.53 Å². The van der Waals surface area contributed by atoms with Crippen LogP contribution < -0.4 is 14.8 Å². The Morgan fingerprint density at radius 2 is 1.89 bits per heavy atom. The Kier molecular flexibility index (Phi) is 5.65. The number of esters is 1. The lowest BCUT2D eigenvalue weighted by Gasteiger charge is -2.19. The lowest BCUT2D eigenvalue weighted by molar-refractivity contribution is -0.384. The first-order valence-corrected chi connectivity index (χ1v) is 8.58. The van der Waals surface area contributed by atoms with Gasteiger partial charge in [-0.2, -0.15) is 0 Å². The summed E-state index contributed by atoms with van der Waals surface area (Å²) in [5.74, 6) is -0.351. The number of nitrogens with zero attached hydrogens (tertiary/aromatic N) is 1. The summed E-state index contributed by atoms with van der Waals surface area (Å²) in [5, 5.41) is 13.2.